The van der Waals surface area contributed by atoms with Crippen molar-refractivity contribution in [3.63, 3.8) is 0 Å². The molecule has 0 aliphatic carbocycles. The van der Waals surface area contributed by atoms with Crippen LogP contribution in [0.1, 0.15) is 29.5 Å². The molecular weight excluding hydrogens is 384 g/mol. The van der Waals surface area contributed by atoms with E-state index in [1.807, 2.05) is 29.2 Å². The number of ether oxygens (including phenoxy) is 2. The van der Waals surface area contributed by atoms with E-state index >= 15 is 0 Å². The summed E-state index contributed by atoms with van der Waals surface area (Å²) < 4.78 is 12.1. The van der Waals surface area contributed by atoms with Crippen molar-refractivity contribution < 1.29 is 14.3 Å². The van der Waals surface area contributed by atoms with Crippen molar-refractivity contribution >= 4 is 32.6 Å². The Balaban J connectivity index is 1.63. The van der Waals surface area contributed by atoms with Crippen LogP contribution in [0.3, 0.4) is 0 Å². The number of amides is 1. The number of rotatable bonds is 6. The van der Waals surface area contributed by atoms with Gasteiger partial charge in [-0.15, -0.1) is 0 Å². The van der Waals surface area contributed by atoms with Gasteiger partial charge in [-0.05, 0) is 61.6 Å². The van der Waals surface area contributed by atoms with E-state index in [4.69, 9.17) is 14.5 Å². The highest BCUT2D eigenvalue weighted by atomic mass is 32.1. The third-order valence-corrected chi connectivity index (χ3v) is 6.57. The van der Waals surface area contributed by atoms with Crippen LogP contribution in [-0.4, -0.2) is 37.3 Å². The number of aryl methyl sites for hydroxylation is 2. The van der Waals surface area contributed by atoms with Crippen LogP contribution in [-0.2, 0) is 16.0 Å². The van der Waals surface area contributed by atoms with Gasteiger partial charge in [-0.1, -0.05) is 29.5 Å². The van der Waals surface area contributed by atoms with Crippen molar-refractivity contribution in [3.8, 4) is 5.75 Å². The summed E-state index contributed by atoms with van der Waals surface area (Å²) in [5.74, 6) is 0.827. The Morgan fingerprint density at radius 1 is 1.24 bits per heavy atom. The Hall–Kier alpha value is -2.44. The molecule has 0 radical (unpaired) electrons. The minimum absolute atomic E-state index is 0.0408. The van der Waals surface area contributed by atoms with Crippen LogP contribution in [0, 0.1) is 13.8 Å². The summed E-state index contributed by atoms with van der Waals surface area (Å²) in [6.45, 7) is 5.49. The van der Waals surface area contributed by atoms with Gasteiger partial charge in [-0.25, -0.2) is 4.98 Å². The highest BCUT2D eigenvalue weighted by molar-refractivity contribution is 7.22. The van der Waals surface area contributed by atoms with Gasteiger partial charge in [0.05, 0.1) is 36.4 Å². The van der Waals surface area contributed by atoms with Gasteiger partial charge in [0.2, 0.25) is 5.91 Å². The predicted molar refractivity (Wildman–Crippen MR) is 117 cm³/mol. The number of hydrogen-bond donors (Lipinski definition) is 0. The molecule has 1 aliphatic heterocycles. The van der Waals surface area contributed by atoms with Crippen molar-refractivity contribution in [3.05, 3.63) is 53.1 Å². The van der Waals surface area contributed by atoms with Crippen LogP contribution >= 0.6 is 11.3 Å². The maximum Gasteiger partial charge on any atom is 0.233 e. The number of benzene rings is 2. The third kappa shape index (κ3) is 4.28. The third-order valence-electron chi connectivity index (χ3n) is 5.53. The van der Waals surface area contributed by atoms with E-state index in [1.165, 1.54) is 11.1 Å². The fraction of sp³-hybridized carbons (Fsp3) is 0.391. The van der Waals surface area contributed by atoms with Crippen LogP contribution in [0.5, 0.6) is 5.75 Å². The molecule has 1 fully saturated rings. The molecular formula is C23H26N2O3S. The molecule has 2 aromatic carbocycles. The van der Waals surface area contributed by atoms with Crippen LogP contribution in [0.4, 0.5) is 5.13 Å². The minimum atomic E-state index is 0.0408. The van der Waals surface area contributed by atoms with Crippen LogP contribution in [0.25, 0.3) is 10.2 Å². The maximum absolute atomic E-state index is 13.3. The molecule has 0 N–H and O–H groups in total. The molecule has 1 atom stereocenters. The second-order valence-corrected chi connectivity index (χ2v) is 8.52. The van der Waals surface area contributed by atoms with Gasteiger partial charge in [0.15, 0.2) is 5.13 Å². The van der Waals surface area contributed by atoms with Gasteiger partial charge in [0.1, 0.15) is 5.75 Å². The number of carbonyl (C=O) groups is 1. The number of hydrogen-bond acceptors (Lipinski definition) is 5. The summed E-state index contributed by atoms with van der Waals surface area (Å²) in [4.78, 5) is 20.0. The van der Waals surface area contributed by atoms with E-state index in [0.29, 0.717) is 13.0 Å². The number of aromatic nitrogens is 1. The molecule has 1 aliphatic rings. The lowest BCUT2D eigenvalue weighted by Gasteiger charge is -2.23. The van der Waals surface area contributed by atoms with Crippen molar-refractivity contribution in [1.82, 2.24) is 4.98 Å². The Morgan fingerprint density at radius 2 is 2.03 bits per heavy atom. The van der Waals surface area contributed by atoms with Gasteiger partial charge in [-0.3, -0.25) is 9.69 Å². The van der Waals surface area contributed by atoms with Crippen molar-refractivity contribution in [2.24, 2.45) is 0 Å². The summed E-state index contributed by atoms with van der Waals surface area (Å²) in [5.41, 5.74) is 4.33. The quantitative estimate of drug-likeness (QED) is 0.592. The fourth-order valence-corrected chi connectivity index (χ4v) is 4.67. The monoisotopic (exact) mass is 410 g/mol. The normalized spacial score (nSPS) is 16.3. The van der Waals surface area contributed by atoms with E-state index in [-0.39, 0.29) is 12.0 Å². The Kier molecular flexibility index (Phi) is 5.83. The number of anilines is 1. The highest BCUT2D eigenvalue weighted by Crippen LogP contribution is 2.33. The summed E-state index contributed by atoms with van der Waals surface area (Å²) in [6.07, 6.45) is 2.42. The van der Waals surface area contributed by atoms with E-state index < -0.39 is 0 Å². The lowest BCUT2D eigenvalue weighted by Crippen LogP contribution is -2.38. The number of nitrogens with zero attached hydrogens (tertiary/aromatic N) is 2. The lowest BCUT2D eigenvalue weighted by atomic mass is 10.1. The highest BCUT2D eigenvalue weighted by Gasteiger charge is 2.26. The minimum Gasteiger partial charge on any atom is -0.497 e. The molecule has 3 aromatic rings. The van der Waals surface area contributed by atoms with E-state index in [2.05, 4.69) is 26.0 Å². The molecule has 1 aromatic heterocycles. The summed E-state index contributed by atoms with van der Waals surface area (Å²) in [5, 5.41) is 0.753. The first kappa shape index (κ1) is 19.9. The second kappa shape index (κ2) is 8.51. The Bertz CT molecular complexity index is 1010. The molecule has 29 heavy (non-hydrogen) atoms. The molecule has 1 unspecified atom stereocenters. The van der Waals surface area contributed by atoms with Gasteiger partial charge < -0.3 is 9.47 Å². The largest absolute Gasteiger partial charge is 0.497 e. The molecule has 0 saturated carbocycles. The zero-order valence-electron chi connectivity index (χ0n) is 17.1. The molecule has 1 amide bonds. The van der Waals surface area contributed by atoms with E-state index in [1.54, 1.807) is 18.4 Å². The zero-order chi connectivity index (χ0) is 20.4. The van der Waals surface area contributed by atoms with Crippen LogP contribution < -0.4 is 9.64 Å². The van der Waals surface area contributed by atoms with Crippen LogP contribution in [0.2, 0.25) is 0 Å². The standard InChI is InChI=1S/C23H26N2O3S/c1-15-6-11-20-22(16(15)2)24-23(29-20)25(14-19-5-4-12-28-19)21(26)13-17-7-9-18(27-3)10-8-17/h6-11,19H,4-5,12-14H2,1-3H3. The van der Waals surface area contributed by atoms with E-state index in [9.17, 15) is 4.79 Å². The number of methoxy groups -OCH3 is 1. The Morgan fingerprint density at radius 3 is 2.72 bits per heavy atom. The van der Waals surface area contributed by atoms with Gasteiger partial charge in [0.25, 0.3) is 0 Å². The van der Waals surface area contributed by atoms with Gasteiger partial charge in [0, 0.05) is 6.61 Å². The summed E-state index contributed by atoms with van der Waals surface area (Å²) in [6, 6.07) is 11.9. The number of thiazole rings is 1. The Labute approximate surface area is 175 Å². The van der Waals surface area contributed by atoms with Crippen molar-refractivity contribution in [1.29, 1.82) is 0 Å². The lowest BCUT2D eigenvalue weighted by molar-refractivity contribution is -0.118. The number of fused-ring (bicyclic) bond motifs is 1. The zero-order valence-corrected chi connectivity index (χ0v) is 17.9. The van der Waals surface area contributed by atoms with Crippen molar-refractivity contribution in [2.75, 3.05) is 25.2 Å². The number of carbonyl (C=O) groups excluding carboxylic acids is 1. The first-order chi connectivity index (χ1) is 14.0. The first-order valence-electron chi connectivity index (χ1n) is 9.97. The summed E-state index contributed by atoms with van der Waals surface area (Å²) >= 11 is 1.58. The van der Waals surface area contributed by atoms with Gasteiger partial charge in [-0.2, -0.15) is 0 Å². The molecule has 4 rings (SSSR count). The van der Waals surface area contributed by atoms with E-state index in [0.717, 1.165) is 46.1 Å². The fourth-order valence-electron chi connectivity index (χ4n) is 3.62. The molecule has 1 saturated heterocycles. The molecule has 2 heterocycles. The molecule has 5 nitrogen and oxygen atoms in total. The SMILES string of the molecule is COc1ccc(CC(=O)N(CC2CCCO2)c2nc3c(C)c(C)ccc3s2)cc1. The van der Waals surface area contributed by atoms with Crippen molar-refractivity contribution in [2.45, 2.75) is 39.2 Å². The smallest absolute Gasteiger partial charge is 0.233 e. The predicted octanol–water partition coefficient (Wildman–Crippen LogP) is 4.68. The molecule has 152 valence electrons. The average Bonchev–Trinajstić information content (AvgIpc) is 3.39. The molecule has 6 heteroatoms. The molecule has 0 bridgehead atoms. The average molecular weight is 411 g/mol. The van der Waals surface area contributed by atoms with Crippen LogP contribution in [0.15, 0.2) is 36.4 Å². The first-order valence-corrected chi connectivity index (χ1v) is 10.8. The second-order valence-electron chi connectivity index (χ2n) is 7.51. The summed E-state index contributed by atoms with van der Waals surface area (Å²) in [7, 11) is 1.64. The topological polar surface area (TPSA) is 51.7 Å². The maximum atomic E-state index is 13.3. The van der Waals surface area contributed by atoms with Gasteiger partial charge >= 0.3 is 0 Å². The molecule has 0 spiro atoms.